The first-order chi connectivity index (χ1) is 13.4. The van der Waals surface area contributed by atoms with Crippen molar-refractivity contribution < 1.29 is 28.4 Å². The fourth-order valence-electron chi connectivity index (χ4n) is 2.87. The van der Waals surface area contributed by atoms with Crippen LogP contribution in [0, 0.1) is 0 Å². The molecule has 1 saturated heterocycles. The Hall–Kier alpha value is -1.22. The van der Waals surface area contributed by atoms with Gasteiger partial charge < -0.3 is 28.4 Å². The van der Waals surface area contributed by atoms with Gasteiger partial charge in [-0.3, -0.25) is 0 Å². The van der Waals surface area contributed by atoms with Crippen LogP contribution in [0.5, 0.6) is 5.75 Å². The van der Waals surface area contributed by atoms with Crippen LogP contribution in [0.15, 0.2) is 36.9 Å². The molecule has 0 amide bonds. The first kappa shape index (κ1) is 23.1. The second-order valence-electron chi connectivity index (χ2n) is 8.03. The van der Waals surface area contributed by atoms with Crippen molar-refractivity contribution >= 4 is 8.07 Å². The van der Waals surface area contributed by atoms with E-state index in [1.807, 2.05) is 24.3 Å². The van der Waals surface area contributed by atoms with E-state index in [4.69, 9.17) is 28.4 Å². The summed E-state index contributed by atoms with van der Waals surface area (Å²) < 4.78 is 34.2. The largest absolute Gasteiger partial charge is 0.497 e. The van der Waals surface area contributed by atoms with E-state index < -0.39 is 20.5 Å². The third kappa shape index (κ3) is 6.99. The van der Waals surface area contributed by atoms with E-state index in [2.05, 4.69) is 26.2 Å². The van der Waals surface area contributed by atoms with Crippen LogP contribution in [-0.2, 0) is 30.3 Å². The molecule has 7 heteroatoms. The first-order valence-electron chi connectivity index (χ1n) is 9.62. The Morgan fingerprint density at radius 2 is 1.79 bits per heavy atom. The fourth-order valence-corrected chi connectivity index (χ4v) is 3.63. The van der Waals surface area contributed by atoms with E-state index in [-0.39, 0.29) is 19.0 Å². The van der Waals surface area contributed by atoms with Crippen molar-refractivity contribution in [2.75, 3.05) is 27.6 Å². The lowest BCUT2D eigenvalue weighted by Gasteiger charge is -2.24. The zero-order valence-corrected chi connectivity index (χ0v) is 18.7. The second kappa shape index (κ2) is 11.1. The minimum absolute atomic E-state index is 0.185. The predicted molar refractivity (Wildman–Crippen MR) is 111 cm³/mol. The van der Waals surface area contributed by atoms with E-state index in [1.54, 1.807) is 20.3 Å². The number of ether oxygens (including phenoxy) is 6. The van der Waals surface area contributed by atoms with Crippen LogP contribution in [0.3, 0.4) is 0 Å². The Bertz CT molecular complexity index is 586. The molecule has 1 fully saturated rings. The van der Waals surface area contributed by atoms with Crippen molar-refractivity contribution in [3.05, 3.63) is 42.5 Å². The lowest BCUT2D eigenvalue weighted by Crippen LogP contribution is -2.38. The van der Waals surface area contributed by atoms with Gasteiger partial charge in [0, 0.05) is 21.8 Å². The van der Waals surface area contributed by atoms with Gasteiger partial charge in [0.15, 0.2) is 6.29 Å². The average Bonchev–Trinajstić information content (AvgIpc) is 3.02. The number of benzene rings is 1. The Balaban J connectivity index is 1.91. The molecule has 28 heavy (non-hydrogen) atoms. The van der Waals surface area contributed by atoms with Crippen LogP contribution in [0.4, 0.5) is 0 Å². The van der Waals surface area contributed by atoms with Gasteiger partial charge in [0.1, 0.15) is 30.9 Å². The molecule has 158 valence electrons. The Morgan fingerprint density at radius 1 is 1.07 bits per heavy atom. The summed E-state index contributed by atoms with van der Waals surface area (Å²) in [6.07, 6.45) is 0.169. The molecule has 0 aromatic heterocycles. The third-order valence-corrected chi connectivity index (χ3v) is 6.32. The zero-order chi connectivity index (χ0) is 20.6. The molecule has 4 atom stereocenters. The van der Waals surface area contributed by atoms with Gasteiger partial charge in [0.2, 0.25) is 0 Å². The molecule has 0 bridgehead atoms. The Kier molecular flexibility index (Phi) is 9.13. The summed E-state index contributed by atoms with van der Waals surface area (Å²) in [6.45, 7) is 12.1. The smallest absolute Gasteiger partial charge is 0.186 e. The highest BCUT2D eigenvalue weighted by Gasteiger charge is 2.45. The van der Waals surface area contributed by atoms with Gasteiger partial charge in [0.05, 0.1) is 13.7 Å². The van der Waals surface area contributed by atoms with Crippen molar-refractivity contribution in [3.63, 3.8) is 0 Å². The van der Waals surface area contributed by atoms with E-state index in [9.17, 15) is 0 Å². The van der Waals surface area contributed by atoms with Crippen molar-refractivity contribution in [1.82, 2.24) is 0 Å². The van der Waals surface area contributed by atoms with Gasteiger partial charge in [0.25, 0.3) is 0 Å². The first-order valence-corrected chi connectivity index (χ1v) is 13.3. The van der Waals surface area contributed by atoms with Crippen LogP contribution < -0.4 is 4.74 Å². The molecule has 0 aliphatic carbocycles. The molecule has 1 aliphatic heterocycles. The van der Waals surface area contributed by atoms with Crippen LogP contribution in [0.2, 0.25) is 25.7 Å². The SMILES string of the molecule is C=C[C@H]1OC(OC)[C@@H](OCOCC[Si](C)(C)C)[C@@H]1OCc1ccc(OC)cc1. The summed E-state index contributed by atoms with van der Waals surface area (Å²) in [7, 11) is 2.12. The maximum atomic E-state index is 6.13. The number of hydrogen-bond acceptors (Lipinski definition) is 6. The van der Waals surface area contributed by atoms with Crippen LogP contribution in [-0.4, -0.2) is 60.3 Å². The van der Waals surface area contributed by atoms with Crippen molar-refractivity contribution in [1.29, 1.82) is 0 Å². The summed E-state index contributed by atoms with van der Waals surface area (Å²) in [4.78, 5) is 0. The van der Waals surface area contributed by atoms with E-state index >= 15 is 0 Å². The summed E-state index contributed by atoms with van der Waals surface area (Å²) in [6, 6.07) is 8.86. The topological polar surface area (TPSA) is 55.4 Å². The minimum Gasteiger partial charge on any atom is -0.497 e. The van der Waals surface area contributed by atoms with Crippen LogP contribution in [0.25, 0.3) is 0 Å². The van der Waals surface area contributed by atoms with Crippen LogP contribution >= 0.6 is 0 Å². The van der Waals surface area contributed by atoms with Gasteiger partial charge in [-0.15, -0.1) is 6.58 Å². The summed E-state index contributed by atoms with van der Waals surface area (Å²) >= 11 is 0. The van der Waals surface area contributed by atoms with Crippen LogP contribution in [0.1, 0.15) is 5.56 Å². The highest BCUT2D eigenvalue weighted by Crippen LogP contribution is 2.29. The molecule has 1 heterocycles. The van der Waals surface area contributed by atoms with Crippen molar-refractivity contribution in [2.45, 2.75) is 56.9 Å². The quantitative estimate of drug-likeness (QED) is 0.226. The molecule has 1 unspecified atom stereocenters. The Morgan fingerprint density at radius 3 is 2.36 bits per heavy atom. The van der Waals surface area contributed by atoms with Gasteiger partial charge in [-0.2, -0.15) is 0 Å². The molecular formula is C21H34O6Si. The second-order valence-corrected chi connectivity index (χ2v) is 13.7. The summed E-state index contributed by atoms with van der Waals surface area (Å²) in [5, 5.41) is 0. The zero-order valence-electron chi connectivity index (χ0n) is 17.7. The predicted octanol–water partition coefficient (Wildman–Crippen LogP) is 3.84. The highest BCUT2D eigenvalue weighted by atomic mass is 28.3. The molecule has 1 aromatic rings. The van der Waals surface area contributed by atoms with E-state index in [0.717, 1.165) is 17.4 Å². The standard InChI is InChI=1S/C21H34O6Si/c1-7-18-19(25-14-16-8-10-17(22-2)11-9-16)20(21(23-3)27-18)26-15-24-12-13-28(4,5)6/h7-11,18-21H,1,12-15H2,2-6H3/t18-,19-,20+,21?/m1/s1. The lowest BCUT2D eigenvalue weighted by atomic mass is 10.1. The van der Waals surface area contributed by atoms with E-state index in [0.29, 0.717) is 13.2 Å². The maximum absolute atomic E-state index is 6.13. The van der Waals surface area contributed by atoms with Gasteiger partial charge in [-0.05, 0) is 23.7 Å². The van der Waals surface area contributed by atoms with Gasteiger partial charge in [-0.25, -0.2) is 0 Å². The molecule has 2 rings (SSSR count). The summed E-state index contributed by atoms with van der Waals surface area (Å²) in [5.41, 5.74) is 1.04. The molecule has 0 saturated carbocycles. The van der Waals surface area contributed by atoms with Crippen molar-refractivity contribution in [2.24, 2.45) is 0 Å². The third-order valence-electron chi connectivity index (χ3n) is 4.61. The highest BCUT2D eigenvalue weighted by molar-refractivity contribution is 6.76. The molecule has 0 radical (unpaired) electrons. The number of hydrogen-bond donors (Lipinski definition) is 0. The monoisotopic (exact) mass is 410 g/mol. The normalized spacial score (nSPS) is 25.0. The van der Waals surface area contributed by atoms with Crippen molar-refractivity contribution in [3.8, 4) is 5.75 Å². The fraction of sp³-hybridized carbons (Fsp3) is 0.619. The summed E-state index contributed by atoms with van der Waals surface area (Å²) in [5.74, 6) is 0.813. The molecule has 0 N–H and O–H groups in total. The number of methoxy groups -OCH3 is 2. The van der Waals surface area contributed by atoms with E-state index in [1.165, 1.54) is 0 Å². The molecule has 1 aromatic carbocycles. The molecule has 0 spiro atoms. The van der Waals surface area contributed by atoms with Gasteiger partial charge >= 0.3 is 0 Å². The molecule has 6 nitrogen and oxygen atoms in total. The molecule has 1 aliphatic rings. The average molecular weight is 411 g/mol. The minimum atomic E-state index is -1.12. The number of rotatable bonds is 12. The Labute approximate surface area is 169 Å². The lowest BCUT2D eigenvalue weighted by molar-refractivity contribution is -0.190. The maximum Gasteiger partial charge on any atom is 0.186 e. The van der Waals surface area contributed by atoms with Gasteiger partial charge in [-0.1, -0.05) is 37.8 Å². The molecular weight excluding hydrogens is 376 g/mol.